The van der Waals surface area contributed by atoms with Crippen LogP contribution in [-0.4, -0.2) is 42.2 Å². The highest BCUT2D eigenvalue weighted by Crippen LogP contribution is 2.26. The second kappa shape index (κ2) is 6.64. The average molecular weight is 340 g/mol. The molecule has 1 fully saturated rings. The molecule has 0 radical (unpaired) electrons. The first kappa shape index (κ1) is 15.8. The summed E-state index contributed by atoms with van der Waals surface area (Å²) in [6.45, 7) is 1.86. The Morgan fingerprint density at radius 2 is 2.24 bits per heavy atom. The molecular weight excluding hydrogens is 320 g/mol. The van der Waals surface area contributed by atoms with Crippen molar-refractivity contribution in [2.45, 2.75) is 12.6 Å². The lowest BCUT2D eigenvalue weighted by atomic mass is 10.1. The SMILES string of the molecule is COc1ccc2c(ccn2CC(=O)N2CCOCC2c2ccco2)c1. The Balaban J connectivity index is 1.56. The van der Waals surface area contributed by atoms with Crippen LogP contribution in [-0.2, 0) is 16.1 Å². The lowest BCUT2D eigenvalue weighted by molar-refractivity contribution is -0.141. The number of methoxy groups -OCH3 is 1. The van der Waals surface area contributed by atoms with E-state index >= 15 is 0 Å². The predicted molar refractivity (Wildman–Crippen MR) is 92.5 cm³/mol. The number of nitrogens with zero attached hydrogens (tertiary/aromatic N) is 2. The quantitative estimate of drug-likeness (QED) is 0.733. The molecule has 130 valence electrons. The van der Waals surface area contributed by atoms with Gasteiger partial charge in [0.05, 0.1) is 26.6 Å². The third-order valence-corrected chi connectivity index (χ3v) is 4.60. The molecule has 6 nitrogen and oxygen atoms in total. The lowest BCUT2D eigenvalue weighted by Crippen LogP contribution is -2.44. The van der Waals surface area contributed by atoms with Crippen molar-refractivity contribution < 1.29 is 18.7 Å². The van der Waals surface area contributed by atoms with E-state index in [4.69, 9.17) is 13.9 Å². The zero-order valence-corrected chi connectivity index (χ0v) is 14.1. The van der Waals surface area contributed by atoms with Crippen molar-refractivity contribution in [2.24, 2.45) is 0 Å². The monoisotopic (exact) mass is 340 g/mol. The van der Waals surface area contributed by atoms with E-state index in [1.165, 1.54) is 0 Å². The number of carbonyl (C=O) groups excluding carboxylic acids is 1. The van der Waals surface area contributed by atoms with Crippen molar-refractivity contribution in [3.8, 4) is 5.75 Å². The van der Waals surface area contributed by atoms with E-state index in [1.807, 2.05) is 52.1 Å². The fourth-order valence-electron chi connectivity index (χ4n) is 3.30. The molecule has 1 atom stereocenters. The van der Waals surface area contributed by atoms with Gasteiger partial charge < -0.3 is 23.4 Å². The van der Waals surface area contributed by atoms with Crippen LogP contribution in [0.25, 0.3) is 10.9 Å². The van der Waals surface area contributed by atoms with Gasteiger partial charge in [-0.3, -0.25) is 4.79 Å². The lowest BCUT2D eigenvalue weighted by Gasteiger charge is -2.34. The number of hydrogen-bond acceptors (Lipinski definition) is 4. The normalized spacial score (nSPS) is 17.8. The van der Waals surface area contributed by atoms with Gasteiger partial charge in [-0.15, -0.1) is 0 Å². The van der Waals surface area contributed by atoms with Crippen molar-refractivity contribution in [1.82, 2.24) is 9.47 Å². The van der Waals surface area contributed by atoms with Crippen molar-refractivity contribution in [2.75, 3.05) is 26.9 Å². The van der Waals surface area contributed by atoms with E-state index in [0.29, 0.717) is 19.8 Å². The Labute approximate surface area is 145 Å². The molecule has 1 aliphatic rings. The molecule has 0 aliphatic carbocycles. The minimum Gasteiger partial charge on any atom is -0.497 e. The molecule has 1 unspecified atom stereocenters. The first-order valence-electron chi connectivity index (χ1n) is 8.30. The highest BCUT2D eigenvalue weighted by Gasteiger charge is 2.30. The number of benzene rings is 1. The number of carbonyl (C=O) groups is 1. The van der Waals surface area contributed by atoms with Crippen molar-refractivity contribution in [3.63, 3.8) is 0 Å². The molecule has 1 aromatic carbocycles. The average Bonchev–Trinajstić information content (AvgIpc) is 3.31. The Hall–Kier alpha value is -2.73. The van der Waals surface area contributed by atoms with Crippen LogP contribution in [0.4, 0.5) is 0 Å². The molecule has 0 saturated carbocycles. The molecule has 0 N–H and O–H groups in total. The van der Waals surface area contributed by atoms with Gasteiger partial charge in [0, 0.05) is 23.6 Å². The molecule has 0 bridgehead atoms. The van der Waals surface area contributed by atoms with Gasteiger partial charge in [0.15, 0.2) is 0 Å². The summed E-state index contributed by atoms with van der Waals surface area (Å²) in [6.07, 6.45) is 3.56. The summed E-state index contributed by atoms with van der Waals surface area (Å²) in [5, 5.41) is 1.05. The molecule has 0 spiro atoms. The Morgan fingerprint density at radius 1 is 1.32 bits per heavy atom. The number of hydrogen-bond donors (Lipinski definition) is 0. The highest BCUT2D eigenvalue weighted by atomic mass is 16.5. The number of morpholine rings is 1. The smallest absolute Gasteiger partial charge is 0.243 e. The Kier molecular flexibility index (Phi) is 4.19. The van der Waals surface area contributed by atoms with Crippen LogP contribution in [0, 0.1) is 0 Å². The molecular formula is C19H20N2O4. The van der Waals surface area contributed by atoms with Crippen molar-refractivity contribution in [1.29, 1.82) is 0 Å². The summed E-state index contributed by atoms with van der Waals surface area (Å²) in [4.78, 5) is 14.8. The van der Waals surface area contributed by atoms with Crippen molar-refractivity contribution in [3.05, 3.63) is 54.6 Å². The van der Waals surface area contributed by atoms with Crippen LogP contribution in [0.2, 0.25) is 0 Å². The van der Waals surface area contributed by atoms with Crippen LogP contribution in [0.5, 0.6) is 5.75 Å². The standard InChI is InChI=1S/C19H20N2O4/c1-23-15-4-5-16-14(11-15)6-7-20(16)12-19(22)21-8-10-24-13-17(21)18-3-2-9-25-18/h2-7,9,11,17H,8,10,12-13H2,1H3. The van der Waals surface area contributed by atoms with Gasteiger partial charge in [0.25, 0.3) is 0 Å². The van der Waals surface area contributed by atoms with E-state index < -0.39 is 0 Å². The van der Waals surface area contributed by atoms with Crippen LogP contribution < -0.4 is 4.74 Å². The Bertz CT molecular complexity index is 869. The molecule has 3 aromatic rings. The van der Waals surface area contributed by atoms with Gasteiger partial charge in [0.1, 0.15) is 24.1 Å². The number of fused-ring (bicyclic) bond motifs is 1. The summed E-state index contributed by atoms with van der Waals surface area (Å²) in [5.41, 5.74) is 1.01. The fraction of sp³-hybridized carbons (Fsp3) is 0.316. The van der Waals surface area contributed by atoms with Crippen LogP contribution in [0.15, 0.2) is 53.3 Å². The van der Waals surface area contributed by atoms with E-state index in [2.05, 4.69) is 0 Å². The zero-order chi connectivity index (χ0) is 17.2. The summed E-state index contributed by atoms with van der Waals surface area (Å²) in [7, 11) is 1.65. The maximum absolute atomic E-state index is 12.9. The summed E-state index contributed by atoms with van der Waals surface area (Å²) < 4.78 is 18.3. The summed E-state index contributed by atoms with van der Waals surface area (Å²) in [5.74, 6) is 1.62. The number of rotatable bonds is 4. The van der Waals surface area contributed by atoms with Gasteiger partial charge >= 0.3 is 0 Å². The van der Waals surface area contributed by atoms with Crippen LogP contribution >= 0.6 is 0 Å². The van der Waals surface area contributed by atoms with Crippen LogP contribution in [0.1, 0.15) is 11.8 Å². The third-order valence-electron chi connectivity index (χ3n) is 4.60. The third kappa shape index (κ3) is 3.00. The summed E-state index contributed by atoms with van der Waals surface area (Å²) in [6, 6.07) is 11.4. The van der Waals surface area contributed by atoms with Gasteiger partial charge in [-0.1, -0.05) is 0 Å². The molecule has 1 aliphatic heterocycles. The largest absolute Gasteiger partial charge is 0.497 e. The fourth-order valence-corrected chi connectivity index (χ4v) is 3.30. The molecule has 3 heterocycles. The van der Waals surface area contributed by atoms with Crippen molar-refractivity contribution >= 4 is 16.8 Å². The molecule has 1 saturated heterocycles. The molecule has 4 rings (SSSR count). The summed E-state index contributed by atoms with van der Waals surface area (Å²) >= 11 is 0. The van der Waals surface area contributed by atoms with E-state index in [9.17, 15) is 4.79 Å². The minimum atomic E-state index is -0.168. The maximum Gasteiger partial charge on any atom is 0.243 e. The molecule has 2 aromatic heterocycles. The highest BCUT2D eigenvalue weighted by molar-refractivity contribution is 5.84. The number of aromatic nitrogens is 1. The van der Waals surface area contributed by atoms with Gasteiger partial charge in [-0.25, -0.2) is 0 Å². The minimum absolute atomic E-state index is 0.0537. The van der Waals surface area contributed by atoms with E-state index in [1.54, 1.807) is 13.4 Å². The second-order valence-corrected chi connectivity index (χ2v) is 6.06. The van der Waals surface area contributed by atoms with Gasteiger partial charge in [0.2, 0.25) is 5.91 Å². The van der Waals surface area contributed by atoms with E-state index in [-0.39, 0.29) is 18.5 Å². The topological polar surface area (TPSA) is 56.8 Å². The first-order chi connectivity index (χ1) is 12.3. The predicted octanol–water partition coefficient (Wildman–Crippen LogP) is 2.84. The Morgan fingerprint density at radius 3 is 3.04 bits per heavy atom. The zero-order valence-electron chi connectivity index (χ0n) is 14.1. The van der Waals surface area contributed by atoms with Crippen LogP contribution in [0.3, 0.4) is 0 Å². The number of furan rings is 1. The van der Waals surface area contributed by atoms with Gasteiger partial charge in [-0.05, 0) is 36.4 Å². The second-order valence-electron chi connectivity index (χ2n) is 6.06. The number of ether oxygens (including phenoxy) is 2. The maximum atomic E-state index is 12.9. The molecule has 6 heteroatoms. The van der Waals surface area contributed by atoms with E-state index in [0.717, 1.165) is 22.4 Å². The number of amides is 1. The van der Waals surface area contributed by atoms with Gasteiger partial charge in [-0.2, -0.15) is 0 Å². The first-order valence-corrected chi connectivity index (χ1v) is 8.30. The molecule has 25 heavy (non-hydrogen) atoms. The molecule has 1 amide bonds.